The highest BCUT2D eigenvalue weighted by Crippen LogP contribution is 2.15. The zero-order valence-corrected chi connectivity index (χ0v) is 12.1. The Morgan fingerprint density at radius 3 is 2.40 bits per heavy atom. The summed E-state index contributed by atoms with van der Waals surface area (Å²) in [6.07, 6.45) is 1.50. The van der Waals surface area contributed by atoms with Crippen molar-refractivity contribution in [3.05, 3.63) is 58.1 Å². The van der Waals surface area contributed by atoms with E-state index in [1.165, 1.54) is 17.3 Å². The third-order valence-corrected chi connectivity index (χ3v) is 3.14. The average Bonchev–Trinajstić information content (AvgIpc) is 2.45. The summed E-state index contributed by atoms with van der Waals surface area (Å²) in [4.78, 5) is 13.4. The van der Waals surface area contributed by atoms with Crippen LogP contribution in [0.3, 0.4) is 0 Å². The van der Waals surface area contributed by atoms with Gasteiger partial charge < -0.3 is 14.1 Å². The second-order valence-electron chi connectivity index (χ2n) is 4.84. The van der Waals surface area contributed by atoms with Gasteiger partial charge in [-0.1, -0.05) is 12.1 Å². The van der Waals surface area contributed by atoms with Crippen molar-refractivity contribution in [2.45, 2.75) is 12.8 Å². The maximum absolute atomic E-state index is 11.3. The lowest BCUT2D eigenvalue weighted by atomic mass is 10.1. The Morgan fingerprint density at radius 1 is 1.10 bits per heavy atom. The maximum atomic E-state index is 11.3. The topological polar surface area (TPSA) is 42.7 Å². The number of nitrogens with zero attached hydrogens (tertiary/aromatic N) is 1. The number of benzene rings is 1. The van der Waals surface area contributed by atoms with Gasteiger partial charge in [-0.2, -0.15) is 0 Å². The minimum absolute atomic E-state index is 0.373. The standard InChI is InChI=1S/C16H19NO3/c1-17(2)13-7-4-12(5-8-13)6-9-14-10-15(19-3)11-16(18)20-14/h4-5,7-8,10-11H,6,9H2,1-3H3. The quantitative estimate of drug-likeness (QED) is 0.839. The number of aryl methyl sites for hydroxylation is 2. The Labute approximate surface area is 118 Å². The molecule has 0 radical (unpaired) electrons. The molecule has 0 aliphatic heterocycles. The van der Waals surface area contributed by atoms with E-state index >= 15 is 0 Å². The highest BCUT2D eigenvalue weighted by molar-refractivity contribution is 5.46. The zero-order chi connectivity index (χ0) is 14.5. The number of anilines is 1. The molecule has 2 rings (SSSR count). The minimum Gasteiger partial charge on any atom is -0.496 e. The number of rotatable bonds is 5. The first kappa shape index (κ1) is 14.2. The monoisotopic (exact) mass is 273 g/mol. The molecule has 0 spiro atoms. The van der Waals surface area contributed by atoms with Crippen molar-refractivity contribution in [3.8, 4) is 5.75 Å². The molecular weight excluding hydrogens is 254 g/mol. The Morgan fingerprint density at radius 2 is 1.80 bits per heavy atom. The van der Waals surface area contributed by atoms with Gasteiger partial charge in [-0.15, -0.1) is 0 Å². The average molecular weight is 273 g/mol. The van der Waals surface area contributed by atoms with Crippen LogP contribution in [0.4, 0.5) is 5.69 Å². The van der Waals surface area contributed by atoms with E-state index in [0.29, 0.717) is 17.9 Å². The summed E-state index contributed by atoms with van der Waals surface area (Å²) in [6.45, 7) is 0. The van der Waals surface area contributed by atoms with Gasteiger partial charge in [0, 0.05) is 32.3 Å². The molecule has 0 aliphatic rings. The van der Waals surface area contributed by atoms with E-state index < -0.39 is 0 Å². The SMILES string of the molecule is COc1cc(CCc2ccc(N(C)C)cc2)oc(=O)c1. The lowest BCUT2D eigenvalue weighted by molar-refractivity contribution is 0.392. The van der Waals surface area contributed by atoms with E-state index in [0.717, 1.165) is 6.42 Å². The summed E-state index contributed by atoms with van der Waals surface area (Å²) in [5.41, 5.74) is 2.00. The second-order valence-corrected chi connectivity index (χ2v) is 4.84. The summed E-state index contributed by atoms with van der Waals surface area (Å²) in [5.74, 6) is 1.19. The fourth-order valence-corrected chi connectivity index (χ4v) is 1.97. The van der Waals surface area contributed by atoms with Crippen molar-refractivity contribution in [1.82, 2.24) is 0 Å². The molecule has 1 aromatic carbocycles. The van der Waals surface area contributed by atoms with Gasteiger partial charge in [-0.3, -0.25) is 0 Å². The zero-order valence-electron chi connectivity index (χ0n) is 12.1. The number of hydrogen-bond acceptors (Lipinski definition) is 4. The molecular formula is C16H19NO3. The molecule has 1 aromatic heterocycles. The molecule has 0 saturated heterocycles. The van der Waals surface area contributed by atoms with Crippen molar-refractivity contribution in [1.29, 1.82) is 0 Å². The molecule has 0 unspecified atom stereocenters. The lowest BCUT2D eigenvalue weighted by Gasteiger charge is -2.12. The summed E-state index contributed by atoms with van der Waals surface area (Å²) in [5, 5.41) is 0. The van der Waals surface area contributed by atoms with Gasteiger partial charge in [-0.25, -0.2) is 4.79 Å². The first-order valence-electron chi connectivity index (χ1n) is 6.53. The predicted octanol–water partition coefficient (Wildman–Crippen LogP) is 2.50. The van der Waals surface area contributed by atoms with E-state index in [1.807, 2.05) is 14.1 Å². The molecule has 20 heavy (non-hydrogen) atoms. The Balaban J connectivity index is 2.05. The van der Waals surface area contributed by atoms with Crippen LogP contribution in [0.25, 0.3) is 0 Å². The largest absolute Gasteiger partial charge is 0.496 e. The van der Waals surface area contributed by atoms with Gasteiger partial charge in [0.2, 0.25) is 0 Å². The molecule has 0 aliphatic carbocycles. The van der Waals surface area contributed by atoms with Crippen LogP contribution in [0, 0.1) is 0 Å². The van der Waals surface area contributed by atoms with Crippen LogP contribution >= 0.6 is 0 Å². The smallest absolute Gasteiger partial charge is 0.339 e. The molecule has 0 atom stereocenters. The van der Waals surface area contributed by atoms with Gasteiger partial charge in [-0.05, 0) is 24.1 Å². The number of hydrogen-bond donors (Lipinski definition) is 0. The molecule has 1 heterocycles. The summed E-state index contributed by atoms with van der Waals surface area (Å²) in [7, 11) is 5.57. The van der Waals surface area contributed by atoms with E-state index in [1.54, 1.807) is 13.2 Å². The minimum atomic E-state index is -0.373. The first-order valence-corrected chi connectivity index (χ1v) is 6.53. The fourth-order valence-electron chi connectivity index (χ4n) is 1.97. The first-order chi connectivity index (χ1) is 9.58. The van der Waals surface area contributed by atoms with Gasteiger partial charge in [0.1, 0.15) is 11.5 Å². The molecule has 0 fully saturated rings. The van der Waals surface area contributed by atoms with E-state index in [2.05, 4.69) is 29.2 Å². The van der Waals surface area contributed by atoms with Crippen molar-refractivity contribution in [3.63, 3.8) is 0 Å². The lowest BCUT2D eigenvalue weighted by Crippen LogP contribution is -2.08. The van der Waals surface area contributed by atoms with Crippen LogP contribution in [0.2, 0.25) is 0 Å². The highest BCUT2D eigenvalue weighted by Gasteiger charge is 2.03. The van der Waals surface area contributed by atoms with Crippen molar-refractivity contribution in [2.24, 2.45) is 0 Å². The molecule has 0 N–H and O–H groups in total. The van der Waals surface area contributed by atoms with Crippen molar-refractivity contribution >= 4 is 5.69 Å². The fraction of sp³-hybridized carbons (Fsp3) is 0.312. The maximum Gasteiger partial charge on any atom is 0.339 e. The normalized spacial score (nSPS) is 10.3. The molecule has 106 valence electrons. The Bertz CT molecular complexity index is 614. The van der Waals surface area contributed by atoms with Crippen LogP contribution in [-0.4, -0.2) is 21.2 Å². The molecule has 0 bridgehead atoms. The third kappa shape index (κ3) is 3.63. The Kier molecular flexibility index (Phi) is 4.45. The van der Waals surface area contributed by atoms with Crippen LogP contribution in [0.5, 0.6) is 5.75 Å². The summed E-state index contributed by atoms with van der Waals surface area (Å²) < 4.78 is 10.2. The van der Waals surface area contributed by atoms with Gasteiger partial charge in [0.25, 0.3) is 0 Å². The predicted molar refractivity (Wildman–Crippen MR) is 79.7 cm³/mol. The molecule has 0 saturated carbocycles. The van der Waals surface area contributed by atoms with Crippen molar-refractivity contribution in [2.75, 3.05) is 26.1 Å². The number of ether oxygens (including phenoxy) is 1. The summed E-state index contributed by atoms with van der Waals surface area (Å²) >= 11 is 0. The van der Waals surface area contributed by atoms with Crippen LogP contribution in [0.1, 0.15) is 11.3 Å². The van der Waals surface area contributed by atoms with Crippen LogP contribution < -0.4 is 15.3 Å². The van der Waals surface area contributed by atoms with E-state index in [-0.39, 0.29) is 5.63 Å². The van der Waals surface area contributed by atoms with Gasteiger partial charge >= 0.3 is 5.63 Å². The van der Waals surface area contributed by atoms with Gasteiger partial charge in [0.15, 0.2) is 0 Å². The molecule has 4 heteroatoms. The second kappa shape index (κ2) is 6.28. The van der Waals surface area contributed by atoms with Crippen LogP contribution in [-0.2, 0) is 12.8 Å². The molecule has 0 amide bonds. The highest BCUT2D eigenvalue weighted by atomic mass is 16.5. The Hall–Kier alpha value is -2.23. The van der Waals surface area contributed by atoms with Crippen molar-refractivity contribution < 1.29 is 9.15 Å². The van der Waals surface area contributed by atoms with Gasteiger partial charge in [0.05, 0.1) is 13.2 Å². The summed E-state index contributed by atoms with van der Waals surface area (Å²) in [6, 6.07) is 11.4. The third-order valence-electron chi connectivity index (χ3n) is 3.14. The van der Waals surface area contributed by atoms with E-state index in [4.69, 9.17) is 9.15 Å². The van der Waals surface area contributed by atoms with E-state index in [9.17, 15) is 4.79 Å². The molecule has 2 aromatic rings. The molecule has 4 nitrogen and oxygen atoms in total. The van der Waals surface area contributed by atoms with Crippen LogP contribution in [0.15, 0.2) is 45.6 Å². The number of methoxy groups -OCH3 is 1.